The predicted molar refractivity (Wildman–Crippen MR) is 98.1 cm³/mol. The van der Waals surface area contributed by atoms with Gasteiger partial charge in [0, 0.05) is 17.6 Å². The number of nitrogen functional groups attached to an aromatic ring is 1. The molecule has 0 aliphatic carbocycles. The Hall–Kier alpha value is -3.08. The molecule has 120 valence electrons. The summed E-state index contributed by atoms with van der Waals surface area (Å²) < 4.78 is 1.86. The monoisotopic (exact) mass is 318 g/mol. The van der Waals surface area contributed by atoms with E-state index in [-0.39, 0.29) is 5.56 Å². The zero-order chi connectivity index (χ0) is 16.8. The minimum absolute atomic E-state index is 0.108. The van der Waals surface area contributed by atoms with E-state index in [1.807, 2.05) is 48.9 Å². The molecule has 0 saturated heterocycles. The lowest BCUT2D eigenvalue weighted by Crippen LogP contribution is -2.07. The number of rotatable bonds is 2. The molecular weight excluding hydrogens is 300 g/mol. The molecular formula is C19H18N4O. The van der Waals surface area contributed by atoms with Gasteiger partial charge in [0.25, 0.3) is 5.56 Å². The summed E-state index contributed by atoms with van der Waals surface area (Å²) in [6.45, 7) is 4.78. The molecule has 0 aliphatic rings. The van der Waals surface area contributed by atoms with E-state index < -0.39 is 0 Å². The van der Waals surface area contributed by atoms with Crippen LogP contribution in [-0.2, 0) is 6.54 Å². The number of aromatic nitrogens is 3. The molecule has 5 nitrogen and oxygen atoms in total. The summed E-state index contributed by atoms with van der Waals surface area (Å²) in [5.41, 5.74) is 11.5. The van der Waals surface area contributed by atoms with E-state index in [1.165, 1.54) is 0 Å². The maximum Gasteiger partial charge on any atom is 0.259 e. The first kappa shape index (κ1) is 14.5. The number of nitrogens with zero attached hydrogens (tertiary/aromatic N) is 2. The van der Waals surface area contributed by atoms with Gasteiger partial charge in [0.05, 0.1) is 22.6 Å². The number of pyridine rings is 1. The molecule has 24 heavy (non-hydrogen) atoms. The van der Waals surface area contributed by atoms with Crippen molar-refractivity contribution in [3.63, 3.8) is 0 Å². The standard InChI is InChI=1S/C19H18N4O/c1-3-23-18-15-6-4-12(14-7-5-13(20)8-11(14)2)9-17(15)22-19(24)16(18)10-21-23/h4-10H,3,20H2,1-2H3,(H,22,24). The van der Waals surface area contributed by atoms with Crippen LogP contribution in [0.3, 0.4) is 0 Å². The summed E-state index contributed by atoms with van der Waals surface area (Å²) in [5, 5.41) is 5.94. The molecule has 5 heteroatoms. The van der Waals surface area contributed by atoms with E-state index in [9.17, 15) is 4.79 Å². The highest BCUT2D eigenvalue weighted by Crippen LogP contribution is 2.29. The van der Waals surface area contributed by atoms with Crippen molar-refractivity contribution in [2.75, 3.05) is 5.73 Å². The number of fused-ring (bicyclic) bond motifs is 3. The molecule has 2 aromatic heterocycles. The van der Waals surface area contributed by atoms with Crippen LogP contribution >= 0.6 is 0 Å². The van der Waals surface area contributed by atoms with Crippen LogP contribution in [0.25, 0.3) is 32.9 Å². The summed E-state index contributed by atoms with van der Waals surface area (Å²) in [6.07, 6.45) is 1.63. The van der Waals surface area contributed by atoms with Gasteiger partial charge in [0.2, 0.25) is 0 Å². The summed E-state index contributed by atoms with van der Waals surface area (Å²) in [7, 11) is 0. The van der Waals surface area contributed by atoms with Crippen LogP contribution in [0.5, 0.6) is 0 Å². The molecule has 0 amide bonds. The quantitative estimate of drug-likeness (QED) is 0.556. The molecule has 0 atom stereocenters. The van der Waals surface area contributed by atoms with Crippen molar-refractivity contribution in [3.8, 4) is 11.1 Å². The Balaban J connectivity index is 2.02. The molecule has 2 aromatic carbocycles. The van der Waals surface area contributed by atoms with Crippen molar-refractivity contribution in [3.05, 3.63) is 58.5 Å². The molecule has 4 rings (SSSR count). The van der Waals surface area contributed by atoms with E-state index in [0.717, 1.165) is 45.3 Å². The second kappa shape index (κ2) is 5.23. The molecule has 0 fully saturated rings. The third-order valence-electron chi connectivity index (χ3n) is 4.47. The van der Waals surface area contributed by atoms with Gasteiger partial charge in [-0.05, 0) is 48.7 Å². The summed E-state index contributed by atoms with van der Waals surface area (Å²) >= 11 is 0. The number of nitrogens with two attached hydrogens (primary N) is 1. The largest absolute Gasteiger partial charge is 0.399 e. The predicted octanol–water partition coefficient (Wildman–Crippen LogP) is 3.46. The van der Waals surface area contributed by atoms with Gasteiger partial charge >= 0.3 is 0 Å². The van der Waals surface area contributed by atoms with Crippen LogP contribution in [0.1, 0.15) is 12.5 Å². The van der Waals surface area contributed by atoms with Gasteiger partial charge in [-0.15, -0.1) is 0 Å². The first-order chi connectivity index (χ1) is 11.6. The second-order valence-electron chi connectivity index (χ2n) is 6.01. The Morgan fingerprint density at radius 2 is 2.00 bits per heavy atom. The Morgan fingerprint density at radius 3 is 2.75 bits per heavy atom. The molecule has 3 N–H and O–H groups in total. The fourth-order valence-corrected chi connectivity index (χ4v) is 3.30. The van der Waals surface area contributed by atoms with Crippen molar-refractivity contribution in [1.82, 2.24) is 14.8 Å². The van der Waals surface area contributed by atoms with Gasteiger partial charge in [-0.3, -0.25) is 9.48 Å². The lowest BCUT2D eigenvalue weighted by molar-refractivity contribution is 0.685. The lowest BCUT2D eigenvalue weighted by Gasteiger charge is -2.09. The number of nitrogens with one attached hydrogen (secondary N) is 1. The van der Waals surface area contributed by atoms with Gasteiger partial charge in [0.1, 0.15) is 0 Å². The number of aromatic amines is 1. The van der Waals surface area contributed by atoms with Gasteiger partial charge in [-0.25, -0.2) is 0 Å². The number of anilines is 1. The van der Waals surface area contributed by atoms with E-state index >= 15 is 0 Å². The fourth-order valence-electron chi connectivity index (χ4n) is 3.30. The van der Waals surface area contributed by atoms with Crippen molar-refractivity contribution >= 4 is 27.5 Å². The average molecular weight is 318 g/mol. The van der Waals surface area contributed by atoms with Crippen LogP contribution in [0.15, 0.2) is 47.4 Å². The van der Waals surface area contributed by atoms with Crippen LogP contribution in [0, 0.1) is 6.92 Å². The normalized spacial score (nSPS) is 11.4. The zero-order valence-electron chi connectivity index (χ0n) is 13.6. The van der Waals surface area contributed by atoms with Gasteiger partial charge in [-0.2, -0.15) is 5.10 Å². The SMILES string of the molecule is CCn1ncc2c(=O)[nH]c3cc(-c4ccc(N)cc4C)ccc3c21. The number of hydrogen-bond donors (Lipinski definition) is 2. The summed E-state index contributed by atoms with van der Waals surface area (Å²) in [4.78, 5) is 15.3. The Kier molecular flexibility index (Phi) is 3.16. The minimum Gasteiger partial charge on any atom is -0.399 e. The minimum atomic E-state index is -0.108. The van der Waals surface area contributed by atoms with Crippen molar-refractivity contribution in [1.29, 1.82) is 0 Å². The molecule has 0 unspecified atom stereocenters. The van der Waals surface area contributed by atoms with Crippen LogP contribution in [-0.4, -0.2) is 14.8 Å². The van der Waals surface area contributed by atoms with E-state index in [2.05, 4.69) is 16.1 Å². The molecule has 0 radical (unpaired) electrons. The third kappa shape index (κ3) is 2.09. The van der Waals surface area contributed by atoms with Crippen molar-refractivity contribution in [2.24, 2.45) is 0 Å². The van der Waals surface area contributed by atoms with Crippen molar-refractivity contribution in [2.45, 2.75) is 20.4 Å². The highest BCUT2D eigenvalue weighted by atomic mass is 16.1. The number of H-pyrrole nitrogens is 1. The Labute approximate surface area is 138 Å². The zero-order valence-corrected chi connectivity index (χ0v) is 13.6. The van der Waals surface area contributed by atoms with Gasteiger partial charge < -0.3 is 10.7 Å². The highest BCUT2D eigenvalue weighted by molar-refractivity contribution is 6.04. The molecule has 4 aromatic rings. The van der Waals surface area contributed by atoms with E-state index in [0.29, 0.717) is 5.39 Å². The van der Waals surface area contributed by atoms with E-state index in [1.54, 1.807) is 6.20 Å². The fraction of sp³-hybridized carbons (Fsp3) is 0.158. The van der Waals surface area contributed by atoms with Crippen molar-refractivity contribution < 1.29 is 0 Å². The number of aryl methyl sites for hydroxylation is 2. The smallest absolute Gasteiger partial charge is 0.259 e. The molecule has 2 heterocycles. The molecule has 0 spiro atoms. The van der Waals surface area contributed by atoms with Crippen LogP contribution in [0.4, 0.5) is 5.69 Å². The van der Waals surface area contributed by atoms with Gasteiger partial charge in [-0.1, -0.05) is 18.2 Å². The lowest BCUT2D eigenvalue weighted by atomic mass is 9.98. The van der Waals surface area contributed by atoms with Crippen LogP contribution < -0.4 is 11.3 Å². The maximum absolute atomic E-state index is 12.4. The highest BCUT2D eigenvalue weighted by Gasteiger charge is 2.12. The number of hydrogen-bond acceptors (Lipinski definition) is 3. The number of benzene rings is 2. The van der Waals surface area contributed by atoms with E-state index in [4.69, 9.17) is 5.73 Å². The molecule has 0 saturated carbocycles. The Bertz CT molecular complexity index is 1140. The van der Waals surface area contributed by atoms with Crippen LogP contribution in [0.2, 0.25) is 0 Å². The first-order valence-corrected chi connectivity index (χ1v) is 7.96. The average Bonchev–Trinajstić information content (AvgIpc) is 2.99. The van der Waals surface area contributed by atoms with Gasteiger partial charge in [0.15, 0.2) is 0 Å². The molecule has 0 aliphatic heterocycles. The Morgan fingerprint density at radius 1 is 1.17 bits per heavy atom. The first-order valence-electron chi connectivity index (χ1n) is 7.96. The molecule has 0 bridgehead atoms. The second-order valence-corrected chi connectivity index (χ2v) is 6.01. The summed E-state index contributed by atoms with van der Waals surface area (Å²) in [6, 6.07) is 12.0. The maximum atomic E-state index is 12.4. The summed E-state index contributed by atoms with van der Waals surface area (Å²) in [5.74, 6) is 0. The topological polar surface area (TPSA) is 76.7 Å². The third-order valence-corrected chi connectivity index (χ3v) is 4.47.